The van der Waals surface area contributed by atoms with Gasteiger partial charge in [0.15, 0.2) is 0 Å². The molecule has 0 saturated carbocycles. The Bertz CT molecular complexity index is 682. The smallest absolute Gasteiger partial charge is 0.792 e. The fourth-order valence-electron chi connectivity index (χ4n) is 2.65. The van der Waals surface area contributed by atoms with E-state index in [9.17, 15) is 14.9 Å². The van der Waals surface area contributed by atoms with E-state index in [-0.39, 0.29) is 37.7 Å². The van der Waals surface area contributed by atoms with E-state index in [2.05, 4.69) is 0 Å². The third-order valence-corrected chi connectivity index (χ3v) is 3.97. The molecular weight excluding hydrogens is 285 g/mol. The van der Waals surface area contributed by atoms with Gasteiger partial charge in [-0.05, 0) is 56.6 Å². The van der Waals surface area contributed by atoms with Crippen molar-refractivity contribution < 1.29 is 52.6 Å². The first-order valence-corrected chi connectivity index (χ1v) is 7.46. The second-order valence-electron chi connectivity index (χ2n) is 4.81. The Morgan fingerprint density at radius 3 is 1.95 bits per heavy atom. The molecular formula is C16H15Li2O3P. The van der Waals surface area contributed by atoms with Crippen molar-refractivity contribution in [3.63, 3.8) is 0 Å². The van der Waals surface area contributed by atoms with Gasteiger partial charge < -0.3 is 14.9 Å². The number of hydrogen-bond acceptors (Lipinski definition) is 3. The van der Waals surface area contributed by atoms with E-state index in [1.165, 1.54) is 0 Å². The Morgan fingerprint density at radius 1 is 0.909 bits per heavy atom. The summed E-state index contributed by atoms with van der Waals surface area (Å²) in [5.41, 5.74) is 3.84. The summed E-state index contributed by atoms with van der Waals surface area (Å²) >= 11 is 0. The van der Waals surface area contributed by atoms with Gasteiger partial charge in [-0.2, -0.15) is 0 Å². The Labute approximate surface area is 156 Å². The summed E-state index contributed by atoms with van der Waals surface area (Å²) in [4.78, 5) is 22.0. The van der Waals surface area contributed by atoms with Crippen LogP contribution in [0.2, 0.25) is 0 Å². The van der Waals surface area contributed by atoms with Gasteiger partial charge in [-0.3, -0.25) is 0 Å². The predicted octanol–water partition coefficient (Wildman–Crippen LogP) is -4.84. The van der Waals surface area contributed by atoms with Crippen molar-refractivity contribution in [1.82, 2.24) is 0 Å². The predicted molar refractivity (Wildman–Crippen MR) is 77.1 cm³/mol. The van der Waals surface area contributed by atoms with Gasteiger partial charge in [0.2, 0.25) is 0 Å². The van der Waals surface area contributed by atoms with E-state index in [1.54, 1.807) is 13.8 Å². The second-order valence-corrected chi connectivity index (χ2v) is 5.73. The zero-order valence-electron chi connectivity index (χ0n) is 13.6. The van der Waals surface area contributed by atoms with Crippen molar-refractivity contribution in [2.24, 2.45) is 0 Å². The molecule has 0 aliphatic carbocycles. The molecule has 0 saturated heterocycles. The summed E-state index contributed by atoms with van der Waals surface area (Å²) in [6, 6.07) is 11.5. The molecule has 0 aliphatic rings. The molecule has 0 spiro atoms. The molecule has 0 radical (unpaired) electrons. The van der Waals surface area contributed by atoms with E-state index < -0.39 is 13.5 Å². The van der Waals surface area contributed by atoms with Crippen LogP contribution in [0, 0.1) is 20.8 Å². The molecule has 22 heavy (non-hydrogen) atoms. The molecule has 0 bridgehead atoms. The number of hydrogen-bond donors (Lipinski definition) is 0. The molecule has 2 aromatic rings. The van der Waals surface area contributed by atoms with Crippen molar-refractivity contribution in [3.05, 3.63) is 58.7 Å². The largest absolute Gasteiger partial charge is 1.00 e. The van der Waals surface area contributed by atoms with Crippen LogP contribution in [0.4, 0.5) is 0 Å². The SMILES string of the molecule is Cc1cc(C)c(-c2ccccc2)c(C)c1C([O-])=[P+]([O-])[O-].[Li+].[Li+]. The molecule has 0 unspecified atom stereocenters. The maximum atomic E-state index is 11.9. The van der Waals surface area contributed by atoms with Crippen LogP contribution in [-0.4, -0.2) is 5.48 Å². The first-order chi connectivity index (χ1) is 9.43. The fraction of sp³-hybridized carbons (Fsp3) is 0.188. The summed E-state index contributed by atoms with van der Waals surface area (Å²) in [6.07, 6.45) is 0. The minimum absolute atomic E-state index is 0. The molecule has 0 aromatic heterocycles. The molecule has 6 heteroatoms. The van der Waals surface area contributed by atoms with Crippen LogP contribution in [0.5, 0.6) is 0 Å². The second kappa shape index (κ2) is 9.10. The third kappa shape index (κ3) is 4.36. The van der Waals surface area contributed by atoms with Gasteiger partial charge in [0.05, 0.1) is 0 Å². The molecule has 0 aliphatic heterocycles. The molecule has 2 aromatic carbocycles. The van der Waals surface area contributed by atoms with E-state index in [0.29, 0.717) is 11.1 Å². The minimum atomic E-state index is -3.10. The van der Waals surface area contributed by atoms with E-state index >= 15 is 0 Å². The topological polar surface area (TPSA) is 69.2 Å². The summed E-state index contributed by atoms with van der Waals surface area (Å²) in [5, 5.41) is 11.9. The summed E-state index contributed by atoms with van der Waals surface area (Å²) in [7, 11) is -3.10. The standard InChI is InChI=1S/C16H17O3P.2Li/c1-10-9-11(2)15(16(17)20(18)19)12(3)14(10)13-7-5-4-6-8-13;;/h4-9,17H,1-3H3,(H,18,19);;/q;2*+1/p-2. The fourth-order valence-corrected chi connectivity index (χ4v) is 3.18. The Kier molecular flexibility index (Phi) is 8.97. The summed E-state index contributed by atoms with van der Waals surface area (Å²) < 4.78 is 0. The Morgan fingerprint density at radius 2 is 1.45 bits per heavy atom. The monoisotopic (exact) mass is 300 g/mol. The summed E-state index contributed by atoms with van der Waals surface area (Å²) in [5.74, 6) is 0. The molecule has 3 nitrogen and oxygen atoms in total. The Hall–Kier alpha value is -0.315. The summed E-state index contributed by atoms with van der Waals surface area (Å²) in [6.45, 7) is 5.53. The van der Waals surface area contributed by atoms with Gasteiger partial charge in [0.1, 0.15) is 0 Å². The quantitative estimate of drug-likeness (QED) is 0.413. The molecule has 0 N–H and O–H groups in total. The van der Waals surface area contributed by atoms with Gasteiger partial charge in [0, 0.05) is 11.0 Å². The van der Waals surface area contributed by atoms with Gasteiger partial charge in [-0.15, -0.1) is 0 Å². The van der Waals surface area contributed by atoms with Gasteiger partial charge in [-0.25, -0.2) is 0 Å². The van der Waals surface area contributed by atoms with Crippen molar-refractivity contribution in [3.8, 4) is 11.1 Å². The third-order valence-electron chi connectivity index (χ3n) is 3.41. The first-order valence-electron chi connectivity index (χ1n) is 6.28. The van der Waals surface area contributed by atoms with Crippen LogP contribution >= 0.6 is 8.00 Å². The van der Waals surface area contributed by atoms with E-state index in [4.69, 9.17) is 0 Å². The maximum Gasteiger partial charge on any atom is 1.00 e. The average Bonchev–Trinajstić information content (AvgIpc) is 2.39. The van der Waals surface area contributed by atoms with E-state index in [0.717, 1.165) is 22.3 Å². The van der Waals surface area contributed by atoms with Crippen LogP contribution < -0.4 is 52.6 Å². The molecule has 0 heterocycles. The normalized spacial score (nSPS) is 9.55. The van der Waals surface area contributed by atoms with Crippen LogP contribution in [-0.2, 0) is 0 Å². The molecule has 0 amide bonds. The van der Waals surface area contributed by atoms with Gasteiger partial charge in [0.25, 0.3) is 0 Å². The number of rotatable bonds is 2. The van der Waals surface area contributed by atoms with Crippen molar-refractivity contribution in [1.29, 1.82) is 0 Å². The number of aryl methyl sites for hydroxylation is 2. The first kappa shape index (κ1) is 21.7. The van der Waals surface area contributed by atoms with Crippen LogP contribution in [0.25, 0.3) is 11.1 Å². The van der Waals surface area contributed by atoms with Crippen molar-refractivity contribution in [2.45, 2.75) is 20.8 Å². The Balaban J connectivity index is 0.00000220. The molecule has 0 atom stereocenters. The molecule has 104 valence electrons. The molecule has 2 rings (SSSR count). The van der Waals surface area contributed by atoms with E-state index in [1.807, 2.05) is 43.3 Å². The van der Waals surface area contributed by atoms with Crippen LogP contribution in [0.3, 0.4) is 0 Å². The molecule has 0 fully saturated rings. The van der Waals surface area contributed by atoms with Crippen molar-refractivity contribution in [2.75, 3.05) is 0 Å². The van der Waals surface area contributed by atoms with Crippen molar-refractivity contribution >= 4 is 13.5 Å². The minimum Gasteiger partial charge on any atom is -0.792 e. The number of benzene rings is 2. The maximum absolute atomic E-state index is 11.9. The van der Waals surface area contributed by atoms with Crippen LogP contribution in [0.15, 0.2) is 36.4 Å². The van der Waals surface area contributed by atoms with Gasteiger partial charge in [-0.1, -0.05) is 36.4 Å². The zero-order chi connectivity index (χ0) is 14.9. The van der Waals surface area contributed by atoms with Crippen LogP contribution in [0.1, 0.15) is 22.3 Å². The zero-order valence-corrected chi connectivity index (χ0v) is 14.5. The van der Waals surface area contributed by atoms with Gasteiger partial charge >= 0.3 is 37.7 Å². The average molecular weight is 300 g/mol.